The fourth-order valence-corrected chi connectivity index (χ4v) is 7.82. The van der Waals surface area contributed by atoms with Gasteiger partial charge in [-0.1, -0.05) is 12.8 Å². The molecule has 15 heteroatoms. The molecule has 51 heavy (non-hydrogen) atoms. The van der Waals surface area contributed by atoms with E-state index < -0.39 is 17.7 Å². The highest BCUT2D eigenvalue weighted by Gasteiger charge is 2.40. The summed E-state index contributed by atoms with van der Waals surface area (Å²) in [4.78, 5) is 44.1. The molecule has 0 unspecified atom stereocenters. The zero-order valence-electron chi connectivity index (χ0n) is 29.2. The minimum Gasteiger partial charge on any atom is -0.481 e. The summed E-state index contributed by atoms with van der Waals surface area (Å²) in [6.07, 6.45) is 6.15. The van der Waals surface area contributed by atoms with Gasteiger partial charge in [0.1, 0.15) is 17.0 Å². The first-order chi connectivity index (χ1) is 24.4. The Morgan fingerprint density at radius 3 is 2.51 bits per heavy atom. The van der Waals surface area contributed by atoms with Gasteiger partial charge in [-0.3, -0.25) is 14.7 Å². The molecule has 0 radical (unpaired) electrons. The van der Waals surface area contributed by atoms with Crippen LogP contribution in [0.1, 0.15) is 69.0 Å². The molecule has 4 aromatic heterocycles. The van der Waals surface area contributed by atoms with Crippen LogP contribution in [0.2, 0.25) is 0 Å². The molecule has 7 rings (SSSR count). The summed E-state index contributed by atoms with van der Waals surface area (Å²) < 4.78 is 48.4. The highest BCUT2D eigenvalue weighted by Crippen LogP contribution is 2.46. The van der Waals surface area contributed by atoms with Gasteiger partial charge in [0.15, 0.2) is 11.5 Å². The van der Waals surface area contributed by atoms with E-state index in [1.807, 2.05) is 13.1 Å². The molecule has 3 fully saturated rings. The van der Waals surface area contributed by atoms with Crippen molar-refractivity contribution in [2.75, 3.05) is 63.3 Å². The number of pyridine rings is 2. The fourth-order valence-electron chi connectivity index (χ4n) is 7.82. The lowest BCUT2D eigenvalue weighted by Crippen LogP contribution is -2.52. The van der Waals surface area contributed by atoms with Crippen LogP contribution in [0.5, 0.6) is 0 Å². The van der Waals surface area contributed by atoms with E-state index in [9.17, 15) is 18.0 Å². The van der Waals surface area contributed by atoms with E-state index in [1.165, 1.54) is 12.3 Å². The molecular formula is C36H44F3N9O3. The van der Waals surface area contributed by atoms with Crippen molar-refractivity contribution >= 4 is 28.6 Å². The molecule has 1 atom stereocenters. The second-order valence-corrected chi connectivity index (χ2v) is 14.5. The number of anilines is 2. The number of H-pyrrole nitrogens is 1. The molecule has 0 bridgehead atoms. The third-order valence-electron chi connectivity index (χ3n) is 10.6. The molecule has 0 spiro atoms. The quantitative estimate of drug-likeness (QED) is 0.179. The van der Waals surface area contributed by atoms with E-state index in [1.54, 1.807) is 19.5 Å². The van der Waals surface area contributed by atoms with Crippen LogP contribution >= 0.6 is 0 Å². The number of methoxy groups -OCH3 is 1. The summed E-state index contributed by atoms with van der Waals surface area (Å²) in [5, 5.41) is 9.07. The maximum atomic E-state index is 14.2. The second kappa shape index (κ2) is 14.0. The van der Waals surface area contributed by atoms with E-state index in [2.05, 4.69) is 36.6 Å². The average Bonchev–Trinajstić information content (AvgIpc) is 3.70. The van der Waals surface area contributed by atoms with Gasteiger partial charge in [0.05, 0.1) is 48.1 Å². The number of nitrogens with one attached hydrogen (secondary N) is 1. The highest BCUT2D eigenvalue weighted by molar-refractivity contribution is 5.91. The molecule has 1 saturated heterocycles. The Morgan fingerprint density at radius 2 is 1.86 bits per heavy atom. The minimum atomic E-state index is -4.53. The van der Waals surface area contributed by atoms with E-state index in [0.717, 1.165) is 37.9 Å². The number of aliphatic carboxylic acids is 1. The third-order valence-corrected chi connectivity index (χ3v) is 10.6. The Kier molecular flexibility index (Phi) is 9.61. The lowest BCUT2D eigenvalue weighted by Gasteiger charge is -2.40. The van der Waals surface area contributed by atoms with Gasteiger partial charge >= 0.3 is 12.1 Å². The van der Waals surface area contributed by atoms with E-state index in [4.69, 9.17) is 24.8 Å². The maximum absolute atomic E-state index is 14.2. The number of nitrogens with zero attached hydrogens (tertiary/aromatic N) is 8. The third kappa shape index (κ3) is 7.50. The molecule has 2 N–H and O–H groups in total. The van der Waals surface area contributed by atoms with Crippen LogP contribution in [0.4, 0.5) is 24.7 Å². The van der Waals surface area contributed by atoms with Gasteiger partial charge in [-0.15, -0.1) is 0 Å². The van der Waals surface area contributed by atoms with Crippen molar-refractivity contribution in [1.82, 2.24) is 34.8 Å². The number of hydrogen-bond donors (Lipinski definition) is 2. The summed E-state index contributed by atoms with van der Waals surface area (Å²) in [6.45, 7) is 6.00. The summed E-state index contributed by atoms with van der Waals surface area (Å²) in [7, 11) is 3.71. The maximum Gasteiger partial charge on any atom is 0.418 e. The molecule has 4 aromatic rings. The number of piperazine rings is 1. The smallest absolute Gasteiger partial charge is 0.418 e. The van der Waals surface area contributed by atoms with Crippen LogP contribution in [0.3, 0.4) is 0 Å². The zero-order valence-corrected chi connectivity index (χ0v) is 29.2. The SMILES string of the molecule is COCC1(CN(C)c2cc(-c3cnc(C4CC4)c(C(F)(F)F)c3)nc3nc(-c4cnc(N5CCN(CCC(=O)O)[C@H](C)C5)cn4)[nH]c23)CCCC1. The number of aromatic amines is 1. The number of carboxylic acids is 1. The Hall–Kier alpha value is -4.37. The van der Waals surface area contributed by atoms with Crippen LogP contribution in [-0.2, 0) is 15.7 Å². The Labute approximate surface area is 294 Å². The fraction of sp³-hybridized carbons (Fsp3) is 0.556. The number of hydrogen-bond acceptors (Lipinski definition) is 10. The number of imidazole rings is 1. The Balaban J connectivity index is 1.21. The van der Waals surface area contributed by atoms with Crippen molar-refractivity contribution in [2.24, 2.45) is 5.41 Å². The van der Waals surface area contributed by atoms with Gasteiger partial charge in [0, 0.05) is 76.0 Å². The first-order valence-electron chi connectivity index (χ1n) is 17.6. The predicted molar refractivity (Wildman–Crippen MR) is 187 cm³/mol. The number of alkyl halides is 3. The van der Waals surface area contributed by atoms with Crippen molar-refractivity contribution in [3.05, 3.63) is 42.0 Å². The number of carbonyl (C=O) groups is 1. The molecule has 1 aliphatic heterocycles. The summed E-state index contributed by atoms with van der Waals surface area (Å²) >= 11 is 0. The van der Waals surface area contributed by atoms with Gasteiger partial charge in [-0.25, -0.2) is 19.9 Å². The number of carboxylic acid groups (broad SMARTS) is 1. The number of fused-ring (bicyclic) bond motifs is 1. The molecule has 3 aliphatic rings. The second-order valence-electron chi connectivity index (χ2n) is 14.5. The van der Waals surface area contributed by atoms with Gasteiger partial charge < -0.3 is 24.6 Å². The van der Waals surface area contributed by atoms with Crippen LogP contribution in [-0.4, -0.2) is 105 Å². The summed E-state index contributed by atoms with van der Waals surface area (Å²) in [6, 6.07) is 3.15. The van der Waals surface area contributed by atoms with E-state index >= 15 is 0 Å². The minimum absolute atomic E-state index is 0.0421. The van der Waals surface area contributed by atoms with E-state index in [0.29, 0.717) is 79.8 Å². The molecule has 272 valence electrons. The van der Waals surface area contributed by atoms with Crippen molar-refractivity contribution in [2.45, 2.75) is 70.0 Å². The number of aromatic nitrogens is 6. The van der Waals surface area contributed by atoms with Gasteiger partial charge in [0.2, 0.25) is 0 Å². The molecule has 2 aliphatic carbocycles. The Morgan fingerprint density at radius 1 is 1.08 bits per heavy atom. The first kappa shape index (κ1) is 35.1. The van der Waals surface area contributed by atoms with Crippen LogP contribution in [0, 0.1) is 5.41 Å². The lowest BCUT2D eigenvalue weighted by atomic mass is 9.86. The Bertz CT molecular complexity index is 1870. The molecule has 12 nitrogen and oxygen atoms in total. The monoisotopic (exact) mass is 707 g/mol. The van der Waals surface area contributed by atoms with E-state index in [-0.39, 0.29) is 35.1 Å². The largest absolute Gasteiger partial charge is 0.481 e. The highest BCUT2D eigenvalue weighted by atomic mass is 19.4. The topological polar surface area (TPSA) is 136 Å². The number of rotatable bonds is 12. The summed E-state index contributed by atoms with van der Waals surface area (Å²) in [5.41, 5.74) is 2.25. The van der Waals surface area contributed by atoms with Crippen LogP contribution < -0.4 is 9.80 Å². The van der Waals surface area contributed by atoms with Crippen molar-refractivity contribution < 1.29 is 27.8 Å². The van der Waals surface area contributed by atoms with Gasteiger partial charge in [-0.2, -0.15) is 13.2 Å². The normalized spacial score (nSPS) is 19.6. The van der Waals surface area contributed by atoms with Crippen molar-refractivity contribution in [3.8, 4) is 22.8 Å². The molecule has 5 heterocycles. The molecule has 0 amide bonds. The average molecular weight is 708 g/mol. The standard InChI is InChI=1S/C36H44F3N9O3/c1-22-19-48(13-12-47(22)11-8-30(49)50)29-18-40-27(17-41-29)33-44-32-28(46(2)20-35(21-51-3)9-4-5-10-35)15-26(43-34(32)45-33)24-14-25(36(37,38)39)31(42-16-24)23-6-7-23/h14-18,22-23H,4-13,19-21H2,1-3H3,(H,49,50)(H,43,44,45)/t22-/m1/s1. The number of ether oxygens (including phenoxy) is 1. The van der Waals surface area contributed by atoms with Crippen LogP contribution in [0.15, 0.2) is 30.7 Å². The lowest BCUT2D eigenvalue weighted by molar-refractivity contribution is -0.139. The van der Waals surface area contributed by atoms with Crippen LogP contribution in [0.25, 0.3) is 33.9 Å². The van der Waals surface area contributed by atoms with Crippen molar-refractivity contribution in [3.63, 3.8) is 0 Å². The van der Waals surface area contributed by atoms with Gasteiger partial charge in [-0.05, 0) is 44.7 Å². The van der Waals surface area contributed by atoms with Gasteiger partial charge in [0.25, 0.3) is 0 Å². The van der Waals surface area contributed by atoms with Crippen molar-refractivity contribution in [1.29, 1.82) is 0 Å². The number of halogens is 3. The molecule has 2 saturated carbocycles. The molecular weight excluding hydrogens is 663 g/mol. The first-order valence-corrected chi connectivity index (χ1v) is 17.6. The predicted octanol–water partition coefficient (Wildman–Crippen LogP) is 6.00. The zero-order chi connectivity index (χ0) is 35.9. The molecule has 0 aromatic carbocycles. The summed E-state index contributed by atoms with van der Waals surface area (Å²) in [5.74, 6) is 0.194.